The Hall–Kier alpha value is -2.43. The quantitative estimate of drug-likeness (QED) is 0.624. The molecule has 0 aliphatic carbocycles. The Balaban J connectivity index is 1.37. The summed E-state index contributed by atoms with van der Waals surface area (Å²) in [6.45, 7) is 1.64. The normalized spacial score (nSPS) is 19.9. The van der Waals surface area contributed by atoms with E-state index in [-0.39, 0.29) is 10.8 Å². The molecule has 2 aliphatic rings. The fourth-order valence-corrected chi connectivity index (χ4v) is 5.78. The van der Waals surface area contributed by atoms with E-state index < -0.39 is 10.0 Å². The van der Waals surface area contributed by atoms with E-state index in [4.69, 9.17) is 13.9 Å². The number of rotatable bonds is 4. The number of ether oxygens (including phenoxy) is 2. The molecule has 1 fully saturated rings. The molecule has 2 aromatic heterocycles. The molecule has 3 aromatic rings. The molecule has 1 aromatic carbocycles. The zero-order chi connectivity index (χ0) is 19.8. The van der Waals surface area contributed by atoms with Gasteiger partial charge in [-0.05, 0) is 36.4 Å². The first kappa shape index (κ1) is 18.6. The van der Waals surface area contributed by atoms with Crippen molar-refractivity contribution in [1.29, 1.82) is 0 Å². The molecule has 0 N–H and O–H groups in total. The van der Waals surface area contributed by atoms with Crippen molar-refractivity contribution in [2.75, 3.05) is 26.3 Å². The van der Waals surface area contributed by atoms with Crippen LogP contribution in [0.2, 0.25) is 0 Å². The van der Waals surface area contributed by atoms with Gasteiger partial charge in [-0.15, -0.1) is 21.5 Å². The van der Waals surface area contributed by atoms with Crippen molar-refractivity contribution < 1.29 is 22.3 Å². The van der Waals surface area contributed by atoms with E-state index in [0.29, 0.717) is 49.6 Å². The number of hydrogen-bond acceptors (Lipinski definition) is 8. The maximum absolute atomic E-state index is 13.2. The summed E-state index contributed by atoms with van der Waals surface area (Å²) in [7, 11) is -3.66. The van der Waals surface area contributed by atoms with Crippen LogP contribution in [0, 0.1) is 0 Å². The van der Waals surface area contributed by atoms with Crippen LogP contribution in [0.1, 0.15) is 24.7 Å². The second kappa shape index (κ2) is 7.43. The number of fused-ring (bicyclic) bond motifs is 1. The van der Waals surface area contributed by atoms with Crippen LogP contribution in [-0.2, 0) is 10.0 Å². The van der Waals surface area contributed by atoms with Gasteiger partial charge in [0.1, 0.15) is 13.2 Å². The molecular weight excluding hydrogens is 414 g/mol. The summed E-state index contributed by atoms with van der Waals surface area (Å²) in [6.07, 6.45) is 1.53. The predicted molar refractivity (Wildman–Crippen MR) is 106 cm³/mol. The topological polar surface area (TPSA) is 94.8 Å². The number of sulfonamides is 1. The van der Waals surface area contributed by atoms with Crippen LogP contribution in [-0.4, -0.2) is 49.2 Å². The lowest BCUT2D eigenvalue weighted by Gasteiger charge is -2.30. The Morgan fingerprint density at radius 2 is 1.97 bits per heavy atom. The van der Waals surface area contributed by atoms with Gasteiger partial charge >= 0.3 is 0 Å². The van der Waals surface area contributed by atoms with Crippen LogP contribution in [0.5, 0.6) is 11.5 Å². The summed E-state index contributed by atoms with van der Waals surface area (Å²) < 4.78 is 44.8. The fourth-order valence-electron chi connectivity index (χ4n) is 3.59. The molecule has 152 valence electrons. The molecule has 2 aliphatic heterocycles. The highest BCUT2D eigenvalue weighted by molar-refractivity contribution is 7.89. The van der Waals surface area contributed by atoms with E-state index in [1.165, 1.54) is 21.7 Å². The van der Waals surface area contributed by atoms with E-state index in [1.54, 1.807) is 12.1 Å². The highest BCUT2D eigenvalue weighted by Gasteiger charge is 2.34. The molecule has 0 spiro atoms. The Kier molecular flexibility index (Phi) is 4.76. The van der Waals surface area contributed by atoms with Crippen molar-refractivity contribution in [3.63, 3.8) is 0 Å². The number of nitrogens with zero attached hydrogens (tertiary/aromatic N) is 3. The second-order valence-electron chi connectivity index (χ2n) is 6.93. The maximum Gasteiger partial charge on any atom is 0.257 e. The van der Waals surface area contributed by atoms with Gasteiger partial charge in [0.05, 0.1) is 15.7 Å². The van der Waals surface area contributed by atoms with E-state index in [0.717, 1.165) is 17.7 Å². The number of benzene rings is 1. The van der Waals surface area contributed by atoms with Crippen molar-refractivity contribution >= 4 is 21.4 Å². The van der Waals surface area contributed by atoms with E-state index in [9.17, 15) is 8.42 Å². The summed E-state index contributed by atoms with van der Waals surface area (Å²) in [6, 6.07) is 8.59. The van der Waals surface area contributed by atoms with Crippen molar-refractivity contribution in [3.8, 4) is 22.3 Å². The summed E-state index contributed by atoms with van der Waals surface area (Å²) in [5.41, 5.74) is 0. The molecule has 0 saturated carbocycles. The average Bonchev–Trinajstić information content (AvgIpc) is 3.45. The average molecular weight is 434 g/mol. The number of thiophene rings is 1. The molecule has 10 heteroatoms. The highest BCUT2D eigenvalue weighted by atomic mass is 32.2. The zero-order valence-corrected chi connectivity index (χ0v) is 17.1. The summed E-state index contributed by atoms with van der Waals surface area (Å²) >= 11 is 1.52. The lowest BCUT2D eigenvalue weighted by atomic mass is 10.00. The summed E-state index contributed by atoms with van der Waals surface area (Å²) in [5, 5.41) is 10.2. The number of aromatic nitrogens is 2. The van der Waals surface area contributed by atoms with Gasteiger partial charge in [-0.25, -0.2) is 8.42 Å². The van der Waals surface area contributed by atoms with Crippen molar-refractivity contribution in [2.45, 2.75) is 23.7 Å². The molecule has 4 heterocycles. The van der Waals surface area contributed by atoms with Crippen LogP contribution < -0.4 is 9.47 Å². The highest BCUT2D eigenvalue weighted by Crippen LogP contribution is 2.35. The monoisotopic (exact) mass is 433 g/mol. The van der Waals surface area contributed by atoms with Gasteiger partial charge in [-0.1, -0.05) is 6.07 Å². The first-order valence-electron chi connectivity index (χ1n) is 9.38. The maximum atomic E-state index is 13.2. The fraction of sp³-hybridized carbons (Fsp3) is 0.368. The predicted octanol–water partition coefficient (Wildman–Crippen LogP) is 3.14. The van der Waals surface area contributed by atoms with Crippen LogP contribution in [0.15, 0.2) is 45.0 Å². The Morgan fingerprint density at radius 3 is 2.79 bits per heavy atom. The van der Waals surface area contributed by atoms with Crippen LogP contribution in [0.4, 0.5) is 0 Å². The molecule has 1 atom stereocenters. The lowest BCUT2D eigenvalue weighted by Crippen LogP contribution is -2.39. The first-order chi connectivity index (χ1) is 14.1. The molecule has 1 saturated heterocycles. The summed E-state index contributed by atoms with van der Waals surface area (Å²) in [5.74, 6) is 1.86. The third-order valence-corrected chi connectivity index (χ3v) is 7.78. The molecule has 0 radical (unpaired) electrons. The molecule has 0 amide bonds. The Labute approximate surface area is 172 Å². The van der Waals surface area contributed by atoms with E-state index in [2.05, 4.69) is 10.2 Å². The largest absolute Gasteiger partial charge is 0.486 e. The van der Waals surface area contributed by atoms with Gasteiger partial charge in [-0.3, -0.25) is 0 Å². The van der Waals surface area contributed by atoms with E-state index in [1.807, 2.05) is 17.5 Å². The smallest absolute Gasteiger partial charge is 0.257 e. The van der Waals surface area contributed by atoms with Gasteiger partial charge in [0.2, 0.25) is 15.9 Å². The van der Waals surface area contributed by atoms with Gasteiger partial charge < -0.3 is 13.9 Å². The molecule has 29 heavy (non-hydrogen) atoms. The van der Waals surface area contributed by atoms with Crippen molar-refractivity contribution in [1.82, 2.24) is 14.5 Å². The van der Waals surface area contributed by atoms with Crippen molar-refractivity contribution in [3.05, 3.63) is 41.6 Å². The van der Waals surface area contributed by atoms with Gasteiger partial charge in [0, 0.05) is 19.2 Å². The number of piperidine rings is 1. The zero-order valence-electron chi connectivity index (χ0n) is 15.5. The minimum atomic E-state index is -3.66. The molecule has 0 bridgehead atoms. The standard InChI is InChI=1S/C19H19N3O5S2/c23-29(24,14-5-6-15-16(11-14)26-9-8-25-15)22-7-1-3-13(12-22)18-20-21-19(27-18)17-4-2-10-28-17/h2,4-6,10-11,13H,1,3,7-9,12H2. The van der Waals surface area contributed by atoms with Gasteiger partial charge in [0.15, 0.2) is 11.5 Å². The molecule has 8 nitrogen and oxygen atoms in total. The molecular formula is C19H19N3O5S2. The SMILES string of the molecule is O=S(=O)(c1ccc2c(c1)OCCO2)N1CCCC(c2nnc(-c3cccs3)o2)C1. The minimum Gasteiger partial charge on any atom is -0.486 e. The third kappa shape index (κ3) is 3.52. The van der Waals surface area contributed by atoms with Gasteiger partial charge in [-0.2, -0.15) is 4.31 Å². The Morgan fingerprint density at radius 1 is 1.10 bits per heavy atom. The van der Waals surface area contributed by atoms with Gasteiger partial charge in [0.25, 0.3) is 5.89 Å². The van der Waals surface area contributed by atoms with Crippen LogP contribution in [0.25, 0.3) is 10.8 Å². The van der Waals surface area contributed by atoms with Crippen LogP contribution >= 0.6 is 11.3 Å². The molecule has 5 rings (SSSR count). The van der Waals surface area contributed by atoms with Crippen LogP contribution in [0.3, 0.4) is 0 Å². The molecule has 1 unspecified atom stereocenters. The second-order valence-corrected chi connectivity index (χ2v) is 9.82. The third-order valence-electron chi connectivity index (χ3n) is 5.06. The summed E-state index contributed by atoms with van der Waals surface area (Å²) in [4.78, 5) is 1.10. The lowest BCUT2D eigenvalue weighted by molar-refractivity contribution is 0.171. The minimum absolute atomic E-state index is 0.128. The van der Waals surface area contributed by atoms with Crippen molar-refractivity contribution in [2.24, 2.45) is 0 Å². The number of hydrogen-bond donors (Lipinski definition) is 0. The Bertz CT molecular complexity index is 1110. The first-order valence-corrected chi connectivity index (χ1v) is 11.7. The van der Waals surface area contributed by atoms with E-state index >= 15 is 0 Å².